The Bertz CT molecular complexity index is 297. The Morgan fingerprint density at radius 2 is 2.25 bits per heavy atom. The van der Waals surface area contributed by atoms with Crippen LogP contribution in [0.1, 0.15) is 45.4 Å². The molecular weight excluding hydrogens is 206 g/mol. The highest BCUT2D eigenvalue weighted by Gasteiger charge is 2.18. The van der Waals surface area contributed by atoms with Crippen LogP contribution in [0.25, 0.3) is 0 Å². The van der Waals surface area contributed by atoms with E-state index < -0.39 is 12.0 Å². The van der Waals surface area contributed by atoms with Gasteiger partial charge in [0.25, 0.3) is 0 Å². The lowest BCUT2D eigenvalue weighted by molar-refractivity contribution is -0.141. The van der Waals surface area contributed by atoms with Crippen molar-refractivity contribution in [3.63, 3.8) is 0 Å². The zero-order valence-corrected chi connectivity index (χ0v) is 9.66. The van der Waals surface area contributed by atoms with Gasteiger partial charge in [0.05, 0.1) is 0 Å². The van der Waals surface area contributed by atoms with Crippen LogP contribution >= 0.6 is 0 Å². The number of carboxylic acid groups (broad SMARTS) is 1. The zero-order valence-electron chi connectivity index (χ0n) is 9.66. The molecule has 1 unspecified atom stereocenters. The number of allylic oxidation sites excluding steroid dienone is 1. The molecule has 0 heterocycles. The third-order valence-corrected chi connectivity index (χ3v) is 2.81. The number of carboxylic acids is 1. The van der Waals surface area contributed by atoms with E-state index in [4.69, 9.17) is 5.11 Å². The van der Waals surface area contributed by atoms with Crippen LogP contribution in [0.3, 0.4) is 0 Å². The second kappa shape index (κ2) is 6.30. The van der Waals surface area contributed by atoms with Crippen molar-refractivity contribution < 1.29 is 14.7 Å². The molecule has 0 aromatic heterocycles. The summed E-state index contributed by atoms with van der Waals surface area (Å²) >= 11 is 0. The van der Waals surface area contributed by atoms with Crippen LogP contribution < -0.4 is 5.32 Å². The van der Waals surface area contributed by atoms with Gasteiger partial charge in [0, 0.05) is 6.42 Å². The molecule has 0 radical (unpaired) electrons. The van der Waals surface area contributed by atoms with E-state index in [1.165, 1.54) is 6.42 Å². The Morgan fingerprint density at radius 3 is 2.75 bits per heavy atom. The monoisotopic (exact) mass is 225 g/mol. The number of amides is 1. The van der Waals surface area contributed by atoms with Gasteiger partial charge < -0.3 is 10.4 Å². The first-order chi connectivity index (χ1) is 7.63. The van der Waals surface area contributed by atoms with Crippen molar-refractivity contribution in [3.05, 3.63) is 11.6 Å². The van der Waals surface area contributed by atoms with Gasteiger partial charge in [0.2, 0.25) is 5.91 Å². The first-order valence-electron chi connectivity index (χ1n) is 5.83. The van der Waals surface area contributed by atoms with Gasteiger partial charge in [-0.25, -0.2) is 4.79 Å². The summed E-state index contributed by atoms with van der Waals surface area (Å²) in [6.45, 7) is 1.75. The summed E-state index contributed by atoms with van der Waals surface area (Å²) in [4.78, 5) is 22.3. The summed E-state index contributed by atoms with van der Waals surface area (Å²) in [5.41, 5.74) is 1.14. The van der Waals surface area contributed by atoms with Crippen LogP contribution in [0.15, 0.2) is 11.6 Å². The molecule has 2 N–H and O–H groups in total. The molecule has 4 heteroatoms. The molecule has 16 heavy (non-hydrogen) atoms. The van der Waals surface area contributed by atoms with Crippen LogP contribution in [0.5, 0.6) is 0 Å². The SMILES string of the molecule is CCC(NC(=O)CC1=CCCCC1)C(=O)O. The summed E-state index contributed by atoms with van der Waals surface area (Å²) in [6.07, 6.45) is 7.21. The fourth-order valence-corrected chi connectivity index (χ4v) is 1.86. The number of nitrogens with one attached hydrogen (secondary N) is 1. The van der Waals surface area contributed by atoms with Crippen molar-refractivity contribution in [2.45, 2.75) is 51.5 Å². The number of carbonyl (C=O) groups is 2. The maximum absolute atomic E-state index is 11.6. The second-order valence-electron chi connectivity index (χ2n) is 4.15. The van der Waals surface area contributed by atoms with E-state index in [0.717, 1.165) is 24.8 Å². The highest BCUT2D eigenvalue weighted by Crippen LogP contribution is 2.19. The highest BCUT2D eigenvalue weighted by molar-refractivity contribution is 5.84. The van der Waals surface area contributed by atoms with Gasteiger partial charge in [-0.1, -0.05) is 18.6 Å². The third kappa shape index (κ3) is 4.04. The summed E-state index contributed by atoms with van der Waals surface area (Å²) in [6, 6.07) is -0.753. The second-order valence-corrected chi connectivity index (χ2v) is 4.15. The van der Waals surface area contributed by atoms with Gasteiger partial charge in [0.1, 0.15) is 6.04 Å². The molecule has 0 aliphatic heterocycles. The molecule has 0 saturated heterocycles. The smallest absolute Gasteiger partial charge is 0.326 e. The predicted octanol–water partition coefficient (Wildman–Crippen LogP) is 1.86. The lowest BCUT2D eigenvalue weighted by Crippen LogP contribution is -2.40. The standard InChI is InChI=1S/C12H19NO3/c1-2-10(12(15)16)13-11(14)8-9-6-4-3-5-7-9/h6,10H,2-5,7-8H2,1H3,(H,13,14)(H,15,16). The third-order valence-electron chi connectivity index (χ3n) is 2.81. The van der Waals surface area contributed by atoms with E-state index in [9.17, 15) is 9.59 Å². The molecule has 1 rings (SSSR count). The first kappa shape index (κ1) is 12.7. The maximum atomic E-state index is 11.6. The summed E-state index contributed by atoms with van der Waals surface area (Å²) < 4.78 is 0. The Hall–Kier alpha value is -1.32. The van der Waals surface area contributed by atoms with E-state index in [0.29, 0.717) is 12.8 Å². The minimum atomic E-state index is -0.964. The van der Waals surface area contributed by atoms with Crippen LogP contribution in [-0.2, 0) is 9.59 Å². The molecule has 0 aromatic rings. The molecule has 0 fully saturated rings. The van der Waals surface area contributed by atoms with Crippen molar-refractivity contribution in [3.8, 4) is 0 Å². The summed E-state index contributed by atoms with van der Waals surface area (Å²) in [5, 5.41) is 11.3. The maximum Gasteiger partial charge on any atom is 0.326 e. The summed E-state index contributed by atoms with van der Waals surface area (Å²) in [7, 11) is 0. The Morgan fingerprint density at radius 1 is 1.50 bits per heavy atom. The molecule has 1 amide bonds. The van der Waals surface area contributed by atoms with Crippen LogP contribution in [0.2, 0.25) is 0 Å². The number of hydrogen-bond donors (Lipinski definition) is 2. The van der Waals surface area contributed by atoms with Crippen LogP contribution in [0, 0.1) is 0 Å². The lowest BCUT2D eigenvalue weighted by Gasteiger charge is -2.15. The van der Waals surface area contributed by atoms with E-state index in [1.54, 1.807) is 6.92 Å². The molecule has 4 nitrogen and oxygen atoms in total. The van der Waals surface area contributed by atoms with Crippen molar-refractivity contribution in [1.82, 2.24) is 5.32 Å². The normalized spacial score (nSPS) is 17.4. The number of hydrogen-bond acceptors (Lipinski definition) is 2. The summed E-state index contributed by atoms with van der Waals surface area (Å²) in [5.74, 6) is -1.14. The van der Waals surface area contributed by atoms with Gasteiger partial charge in [-0.05, 0) is 32.1 Å². The van der Waals surface area contributed by atoms with E-state index in [-0.39, 0.29) is 5.91 Å². The molecule has 1 aliphatic rings. The first-order valence-corrected chi connectivity index (χ1v) is 5.83. The quantitative estimate of drug-likeness (QED) is 0.702. The number of aliphatic carboxylic acids is 1. The minimum absolute atomic E-state index is 0.178. The molecule has 0 bridgehead atoms. The van der Waals surface area contributed by atoms with E-state index in [2.05, 4.69) is 11.4 Å². The molecule has 0 aromatic carbocycles. The van der Waals surface area contributed by atoms with Crippen LogP contribution in [-0.4, -0.2) is 23.0 Å². The van der Waals surface area contributed by atoms with E-state index >= 15 is 0 Å². The molecule has 0 saturated carbocycles. The zero-order chi connectivity index (χ0) is 12.0. The van der Waals surface area contributed by atoms with Gasteiger partial charge >= 0.3 is 5.97 Å². The fourth-order valence-electron chi connectivity index (χ4n) is 1.86. The van der Waals surface area contributed by atoms with Crippen LogP contribution in [0.4, 0.5) is 0 Å². The topological polar surface area (TPSA) is 66.4 Å². The molecule has 1 atom stereocenters. The molecule has 1 aliphatic carbocycles. The van der Waals surface area contributed by atoms with Crippen molar-refractivity contribution in [2.75, 3.05) is 0 Å². The molecule has 0 spiro atoms. The Kier molecular flexibility index (Phi) is 5.02. The van der Waals surface area contributed by atoms with Gasteiger partial charge in [-0.2, -0.15) is 0 Å². The van der Waals surface area contributed by atoms with Gasteiger partial charge in [-0.15, -0.1) is 0 Å². The number of rotatable bonds is 5. The van der Waals surface area contributed by atoms with Crippen molar-refractivity contribution in [1.29, 1.82) is 0 Å². The van der Waals surface area contributed by atoms with Gasteiger partial charge in [0.15, 0.2) is 0 Å². The van der Waals surface area contributed by atoms with E-state index in [1.807, 2.05) is 0 Å². The lowest BCUT2D eigenvalue weighted by atomic mass is 9.97. The highest BCUT2D eigenvalue weighted by atomic mass is 16.4. The molecule has 90 valence electrons. The fraction of sp³-hybridized carbons (Fsp3) is 0.667. The number of carbonyl (C=O) groups excluding carboxylic acids is 1. The minimum Gasteiger partial charge on any atom is -0.480 e. The average Bonchev–Trinajstić information content (AvgIpc) is 2.27. The van der Waals surface area contributed by atoms with Crippen molar-refractivity contribution in [2.24, 2.45) is 0 Å². The Labute approximate surface area is 95.7 Å². The Balaban J connectivity index is 2.40. The largest absolute Gasteiger partial charge is 0.480 e. The van der Waals surface area contributed by atoms with Gasteiger partial charge in [-0.3, -0.25) is 4.79 Å². The van der Waals surface area contributed by atoms with Crippen molar-refractivity contribution >= 4 is 11.9 Å². The average molecular weight is 225 g/mol. The predicted molar refractivity (Wildman–Crippen MR) is 61.0 cm³/mol. The molecular formula is C12H19NO3.